The Morgan fingerprint density at radius 2 is 2.13 bits per heavy atom. The van der Waals surface area contributed by atoms with Crippen LogP contribution in [0.3, 0.4) is 0 Å². The Labute approximate surface area is 176 Å². The molecule has 8 heteroatoms. The zero-order valence-electron chi connectivity index (χ0n) is 19.4. The lowest BCUT2D eigenvalue weighted by Gasteiger charge is -2.10. The largest absolute Gasteiger partial charge is 0.497 e. The van der Waals surface area contributed by atoms with Gasteiger partial charge in [-0.05, 0) is 30.5 Å². The van der Waals surface area contributed by atoms with Crippen molar-refractivity contribution in [3.05, 3.63) is 36.7 Å². The van der Waals surface area contributed by atoms with Gasteiger partial charge in [0.1, 0.15) is 22.9 Å². The van der Waals surface area contributed by atoms with E-state index >= 15 is 0 Å². The first-order valence-electron chi connectivity index (χ1n) is 11.0. The average molecular weight is 406 g/mol. The Hall–Kier alpha value is -3.68. The van der Waals surface area contributed by atoms with E-state index in [1.165, 1.54) is 12.4 Å². The summed E-state index contributed by atoms with van der Waals surface area (Å²) in [5.74, 6) is 1.71. The van der Waals surface area contributed by atoms with Crippen molar-refractivity contribution >= 4 is 39.4 Å². The van der Waals surface area contributed by atoms with Crippen LogP contribution in [-0.2, 0) is 4.79 Å². The van der Waals surface area contributed by atoms with Crippen molar-refractivity contribution in [1.82, 2.24) is 15.0 Å². The predicted octanol–water partition coefficient (Wildman–Crippen LogP) is 4.08. The number of rotatable bonds is 5. The Balaban J connectivity index is 1.62. The molecule has 1 aromatic carbocycles. The van der Waals surface area contributed by atoms with Gasteiger partial charge < -0.3 is 19.8 Å². The summed E-state index contributed by atoms with van der Waals surface area (Å²) in [7, 11) is 1.57. The molecule has 0 bridgehead atoms. The fourth-order valence-electron chi connectivity index (χ4n) is 3.53. The van der Waals surface area contributed by atoms with Crippen molar-refractivity contribution in [3.8, 4) is 17.2 Å². The normalized spacial score (nSPS) is 19.7. The molecule has 2 unspecified atom stereocenters. The number of nitrogens with one attached hydrogen (secondary N) is 2. The molecule has 30 heavy (non-hydrogen) atoms. The zero-order chi connectivity index (χ0) is 23.3. The van der Waals surface area contributed by atoms with Crippen LogP contribution in [0.25, 0.3) is 33.3 Å². The van der Waals surface area contributed by atoms with Crippen molar-refractivity contribution in [2.45, 2.75) is 13.3 Å². The molecular formula is C22H21N5O3. The van der Waals surface area contributed by atoms with Crippen LogP contribution in [0.4, 0.5) is 11.6 Å². The van der Waals surface area contributed by atoms with Gasteiger partial charge in [0, 0.05) is 46.2 Å². The first-order valence-corrected chi connectivity index (χ1v) is 9.54. The first-order chi connectivity index (χ1) is 15.7. The second kappa shape index (κ2) is 6.98. The lowest BCUT2D eigenvalue weighted by atomic mass is 10.1. The fraction of sp³-hybridized carbons (Fsp3) is 0.273. The monoisotopic (exact) mass is 406 g/mol. The molecule has 0 spiro atoms. The number of anilines is 2. The maximum absolute atomic E-state index is 12.4. The van der Waals surface area contributed by atoms with Gasteiger partial charge in [0.2, 0.25) is 11.8 Å². The van der Waals surface area contributed by atoms with Crippen LogP contribution in [0.1, 0.15) is 17.5 Å². The Morgan fingerprint density at radius 1 is 1.27 bits per heavy atom. The number of carbonyl (C=O) groups excluding carboxylic acids is 1. The number of benzene rings is 1. The maximum Gasteiger partial charge on any atom is 0.229 e. The zero-order valence-corrected chi connectivity index (χ0v) is 16.4. The van der Waals surface area contributed by atoms with Crippen LogP contribution in [0.2, 0.25) is 0 Å². The summed E-state index contributed by atoms with van der Waals surface area (Å²) in [5, 5.41) is 6.32. The highest BCUT2D eigenvalue weighted by atomic mass is 16.5. The van der Waals surface area contributed by atoms with Crippen molar-refractivity contribution in [1.29, 1.82) is 0 Å². The molecule has 4 aromatic rings. The Morgan fingerprint density at radius 3 is 2.90 bits per heavy atom. The molecule has 0 aliphatic heterocycles. The highest BCUT2D eigenvalue weighted by molar-refractivity contribution is 6.03. The molecule has 1 aliphatic rings. The summed E-state index contributed by atoms with van der Waals surface area (Å²) in [6.07, 6.45) is 3.83. The van der Waals surface area contributed by atoms with E-state index in [0.29, 0.717) is 50.8 Å². The molecule has 2 N–H and O–H groups in total. The smallest absolute Gasteiger partial charge is 0.229 e. The molecule has 1 saturated carbocycles. The summed E-state index contributed by atoms with van der Waals surface area (Å²) < 4.78 is 33.8. The molecule has 1 amide bonds. The van der Waals surface area contributed by atoms with Gasteiger partial charge in [0.15, 0.2) is 5.58 Å². The van der Waals surface area contributed by atoms with Gasteiger partial charge in [0.05, 0.1) is 12.7 Å². The lowest BCUT2D eigenvalue weighted by molar-refractivity contribution is -0.117. The third kappa shape index (κ3) is 3.10. The number of amides is 1. The highest BCUT2D eigenvalue weighted by Crippen LogP contribution is 2.39. The van der Waals surface area contributed by atoms with Gasteiger partial charge in [-0.3, -0.25) is 4.79 Å². The molecule has 0 radical (unpaired) electrons. The molecule has 3 aromatic heterocycles. The second-order valence-electron chi connectivity index (χ2n) is 7.42. The standard InChI is InChI=1S/C22H21N5O3/c1-11-6-13(11)21(28)27-19-8-14-15(9-24-19)20(23-2)25-10-16(14)22-26-17-7-12(29-3)4-5-18(17)30-22/h4-5,7-11,13H,6H2,1-3H3,(H,23,25)(H,24,27,28)/i2D3. The van der Waals surface area contributed by atoms with Crippen molar-refractivity contribution in [2.24, 2.45) is 11.8 Å². The van der Waals surface area contributed by atoms with Crippen molar-refractivity contribution in [2.75, 3.05) is 24.7 Å². The van der Waals surface area contributed by atoms with Gasteiger partial charge in [-0.15, -0.1) is 0 Å². The first kappa shape index (κ1) is 15.2. The van der Waals surface area contributed by atoms with E-state index in [2.05, 4.69) is 25.6 Å². The van der Waals surface area contributed by atoms with Gasteiger partial charge in [-0.25, -0.2) is 15.0 Å². The minimum absolute atomic E-state index is 0.0146. The van der Waals surface area contributed by atoms with Crippen LogP contribution in [0.15, 0.2) is 41.1 Å². The number of methoxy groups -OCH3 is 1. The van der Waals surface area contributed by atoms with Crippen LogP contribution in [-0.4, -0.2) is 34.9 Å². The second-order valence-corrected chi connectivity index (χ2v) is 7.42. The number of ether oxygens (including phenoxy) is 1. The summed E-state index contributed by atoms with van der Waals surface area (Å²) in [6.45, 7) is -0.415. The minimum Gasteiger partial charge on any atom is -0.497 e. The van der Waals surface area contributed by atoms with E-state index in [0.717, 1.165) is 6.42 Å². The number of oxazole rings is 1. The summed E-state index contributed by atoms with van der Waals surface area (Å²) in [6, 6.07) is 6.96. The third-order valence-electron chi connectivity index (χ3n) is 5.41. The number of nitrogens with zero attached hydrogens (tertiary/aromatic N) is 3. The number of aromatic nitrogens is 3. The summed E-state index contributed by atoms with van der Waals surface area (Å²) in [5.41, 5.74) is 1.70. The predicted molar refractivity (Wildman–Crippen MR) is 115 cm³/mol. The Bertz CT molecular complexity index is 1390. The van der Waals surface area contributed by atoms with Gasteiger partial charge in [-0.1, -0.05) is 6.92 Å². The molecule has 8 nitrogen and oxygen atoms in total. The van der Waals surface area contributed by atoms with E-state index in [9.17, 15) is 4.79 Å². The Kier molecular flexibility index (Phi) is 3.54. The summed E-state index contributed by atoms with van der Waals surface area (Å²) in [4.78, 5) is 25.6. The topological polar surface area (TPSA) is 102 Å². The van der Waals surface area contributed by atoms with Crippen LogP contribution in [0.5, 0.6) is 5.75 Å². The van der Waals surface area contributed by atoms with Crippen molar-refractivity contribution in [3.63, 3.8) is 0 Å². The molecular weight excluding hydrogens is 382 g/mol. The minimum atomic E-state index is -2.44. The number of carbonyl (C=O) groups is 1. The average Bonchev–Trinajstić information content (AvgIpc) is 3.35. The highest BCUT2D eigenvalue weighted by Gasteiger charge is 2.39. The van der Waals surface area contributed by atoms with Crippen LogP contribution < -0.4 is 15.4 Å². The quantitative estimate of drug-likeness (QED) is 0.515. The van der Waals surface area contributed by atoms with E-state index in [4.69, 9.17) is 13.3 Å². The third-order valence-corrected chi connectivity index (χ3v) is 5.41. The number of hydrogen-bond acceptors (Lipinski definition) is 7. The number of pyridine rings is 2. The maximum atomic E-state index is 12.4. The van der Waals surface area contributed by atoms with E-state index in [1.807, 2.05) is 6.92 Å². The van der Waals surface area contributed by atoms with Gasteiger partial charge in [-0.2, -0.15) is 0 Å². The van der Waals surface area contributed by atoms with Crippen LogP contribution >= 0.6 is 0 Å². The van der Waals surface area contributed by atoms with E-state index in [1.54, 1.807) is 31.4 Å². The van der Waals surface area contributed by atoms with Crippen LogP contribution in [0, 0.1) is 11.8 Å². The molecule has 152 valence electrons. The molecule has 1 aliphatic carbocycles. The van der Waals surface area contributed by atoms with E-state index in [-0.39, 0.29) is 17.6 Å². The summed E-state index contributed by atoms with van der Waals surface area (Å²) >= 11 is 0. The molecule has 2 atom stereocenters. The number of hydrogen-bond donors (Lipinski definition) is 2. The molecule has 3 heterocycles. The van der Waals surface area contributed by atoms with Gasteiger partial charge >= 0.3 is 0 Å². The lowest BCUT2D eigenvalue weighted by Crippen LogP contribution is -2.15. The molecule has 1 fully saturated rings. The number of fused-ring (bicyclic) bond motifs is 2. The molecule has 0 saturated heterocycles. The molecule has 5 rings (SSSR count). The fourth-order valence-corrected chi connectivity index (χ4v) is 3.53. The SMILES string of the molecule is [2H]C([2H])([2H])Nc1ncc(-c2nc3cc(OC)ccc3o2)c2cc(NC(=O)C3CC3C)ncc12. The van der Waals surface area contributed by atoms with Crippen molar-refractivity contribution < 1.29 is 18.1 Å². The van der Waals surface area contributed by atoms with E-state index < -0.39 is 6.98 Å². The van der Waals surface area contributed by atoms with Gasteiger partial charge in [0.25, 0.3) is 0 Å².